The van der Waals surface area contributed by atoms with E-state index in [0.29, 0.717) is 5.16 Å². The molecule has 0 aliphatic rings. The van der Waals surface area contributed by atoms with Crippen molar-refractivity contribution in [2.75, 3.05) is 5.75 Å². The molecule has 0 saturated heterocycles. The number of rotatable bonds is 5. The van der Waals surface area contributed by atoms with Crippen molar-refractivity contribution < 1.29 is 15.0 Å². The molecule has 2 aromatic carbocycles. The fraction of sp³-hybridized carbons (Fsp3) is 0.167. The molecule has 128 valence electrons. The van der Waals surface area contributed by atoms with E-state index in [1.54, 1.807) is 0 Å². The average molecular weight is 355 g/mol. The predicted molar refractivity (Wildman–Crippen MR) is 96.0 cm³/mol. The Balaban J connectivity index is 1.74. The van der Waals surface area contributed by atoms with Gasteiger partial charge in [-0.2, -0.15) is 0 Å². The molecule has 7 heteroatoms. The van der Waals surface area contributed by atoms with E-state index >= 15 is 0 Å². The van der Waals surface area contributed by atoms with Crippen LogP contribution in [0.2, 0.25) is 0 Å². The Labute approximate surface area is 149 Å². The molecule has 1 aromatic heterocycles. The summed E-state index contributed by atoms with van der Waals surface area (Å²) in [6.45, 7) is 2.02. The van der Waals surface area contributed by atoms with Crippen LogP contribution < -0.4 is 0 Å². The van der Waals surface area contributed by atoms with Gasteiger partial charge < -0.3 is 14.8 Å². The summed E-state index contributed by atoms with van der Waals surface area (Å²) in [5.41, 5.74) is 2.29. The van der Waals surface area contributed by atoms with Gasteiger partial charge in [0, 0.05) is 18.7 Å². The van der Waals surface area contributed by atoms with Crippen molar-refractivity contribution >= 4 is 17.5 Å². The van der Waals surface area contributed by atoms with Crippen molar-refractivity contribution in [3.63, 3.8) is 0 Å². The Kier molecular flexibility index (Phi) is 4.76. The molecule has 0 aliphatic carbocycles. The molecule has 6 nitrogen and oxygen atoms in total. The van der Waals surface area contributed by atoms with Gasteiger partial charge in [-0.1, -0.05) is 41.6 Å². The zero-order valence-electron chi connectivity index (χ0n) is 13.8. The predicted octanol–water partition coefficient (Wildman–Crippen LogP) is 3.18. The lowest BCUT2D eigenvalue weighted by Crippen LogP contribution is -2.04. The number of hydrogen-bond acceptors (Lipinski definition) is 6. The molecule has 0 atom stereocenters. The molecule has 0 fully saturated rings. The van der Waals surface area contributed by atoms with Crippen molar-refractivity contribution in [1.29, 1.82) is 0 Å². The summed E-state index contributed by atoms with van der Waals surface area (Å²) in [4.78, 5) is 12.3. The summed E-state index contributed by atoms with van der Waals surface area (Å²) < 4.78 is 1.83. The summed E-state index contributed by atoms with van der Waals surface area (Å²) in [5.74, 6) is 0.268. The van der Waals surface area contributed by atoms with E-state index in [1.807, 2.05) is 42.8 Å². The third-order valence-corrected chi connectivity index (χ3v) is 4.78. The summed E-state index contributed by atoms with van der Waals surface area (Å²) in [7, 11) is 1.85. The molecule has 0 radical (unpaired) electrons. The molecular weight excluding hydrogens is 338 g/mol. The standard InChI is InChI=1S/C18H17N3O3S/c1-11-3-5-12(6-4-11)17-19-20-18(21(17)2)25-10-16(24)14-8-7-13(22)9-15(14)23/h3-9,22-23H,10H2,1-2H3. The van der Waals surface area contributed by atoms with Crippen LogP contribution in [-0.2, 0) is 7.05 Å². The number of aromatic hydroxyl groups is 2. The molecule has 3 rings (SSSR count). The Bertz CT molecular complexity index is 920. The third kappa shape index (κ3) is 3.66. The molecule has 0 amide bonds. The van der Waals surface area contributed by atoms with Gasteiger partial charge in [0.25, 0.3) is 0 Å². The van der Waals surface area contributed by atoms with Crippen molar-refractivity contribution in [3.8, 4) is 22.9 Å². The average Bonchev–Trinajstić information content (AvgIpc) is 2.94. The number of thioether (sulfide) groups is 1. The number of benzene rings is 2. The molecule has 0 unspecified atom stereocenters. The summed E-state index contributed by atoms with van der Waals surface area (Å²) in [5, 5.41) is 28.0. The molecule has 1 heterocycles. The molecule has 0 spiro atoms. The van der Waals surface area contributed by atoms with Gasteiger partial charge in [0.1, 0.15) is 11.5 Å². The highest BCUT2D eigenvalue weighted by molar-refractivity contribution is 7.99. The smallest absolute Gasteiger partial charge is 0.191 e. The first-order valence-electron chi connectivity index (χ1n) is 7.60. The largest absolute Gasteiger partial charge is 0.508 e. The fourth-order valence-electron chi connectivity index (χ4n) is 2.36. The van der Waals surface area contributed by atoms with E-state index in [1.165, 1.54) is 29.5 Å². The van der Waals surface area contributed by atoms with Gasteiger partial charge in [0.15, 0.2) is 16.8 Å². The first-order chi connectivity index (χ1) is 12.0. The normalized spacial score (nSPS) is 10.8. The van der Waals surface area contributed by atoms with Crippen LogP contribution in [0.1, 0.15) is 15.9 Å². The number of phenols is 2. The van der Waals surface area contributed by atoms with Crippen LogP contribution in [0.15, 0.2) is 47.6 Å². The monoisotopic (exact) mass is 355 g/mol. The van der Waals surface area contributed by atoms with E-state index in [2.05, 4.69) is 10.2 Å². The van der Waals surface area contributed by atoms with Gasteiger partial charge in [0.05, 0.1) is 11.3 Å². The maximum absolute atomic E-state index is 12.3. The second-order valence-electron chi connectivity index (χ2n) is 5.64. The summed E-state index contributed by atoms with van der Waals surface area (Å²) >= 11 is 1.25. The van der Waals surface area contributed by atoms with Crippen molar-refractivity contribution in [1.82, 2.24) is 14.8 Å². The van der Waals surface area contributed by atoms with E-state index in [-0.39, 0.29) is 28.6 Å². The number of ketones is 1. The molecular formula is C18H17N3O3S. The zero-order chi connectivity index (χ0) is 18.0. The van der Waals surface area contributed by atoms with Crippen LogP contribution in [0.3, 0.4) is 0 Å². The number of carbonyl (C=O) groups excluding carboxylic acids is 1. The number of aryl methyl sites for hydroxylation is 1. The minimum absolute atomic E-state index is 0.0854. The highest BCUT2D eigenvalue weighted by Crippen LogP contribution is 2.27. The van der Waals surface area contributed by atoms with Gasteiger partial charge in [-0.05, 0) is 19.1 Å². The Hall–Kier alpha value is -2.80. The van der Waals surface area contributed by atoms with Crippen LogP contribution in [0.25, 0.3) is 11.4 Å². The number of Topliss-reactive ketones (excluding diaryl/α,β-unsaturated/α-hetero) is 1. The van der Waals surface area contributed by atoms with Crippen LogP contribution in [0.4, 0.5) is 0 Å². The van der Waals surface area contributed by atoms with Crippen molar-refractivity contribution in [2.45, 2.75) is 12.1 Å². The minimum atomic E-state index is -0.248. The highest BCUT2D eigenvalue weighted by Gasteiger charge is 2.16. The topological polar surface area (TPSA) is 88.2 Å². The lowest BCUT2D eigenvalue weighted by atomic mass is 10.1. The lowest BCUT2D eigenvalue weighted by molar-refractivity contribution is 0.102. The Morgan fingerprint density at radius 2 is 1.84 bits per heavy atom. The van der Waals surface area contributed by atoms with E-state index in [9.17, 15) is 15.0 Å². The number of carbonyl (C=O) groups is 1. The van der Waals surface area contributed by atoms with Gasteiger partial charge in [-0.15, -0.1) is 10.2 Å². The van der Waals surface area contributed by atoms with Crippen LogP contribution in [0, 0.1) is 6.92 Å². The Morgan fingerprint density at radius 1 is 1.12 bits per heavy atom. The van der Waals surface area contributed by atoms with Crippen molar-refractivity contribution in [2.24, 2.45) is 7.05 Å². The lowest BCUT2D eigenvalue weighted by Gasteiger charge is -2.05. The SMILES string of the molecule is Cc1ccc(-c2nnc(SCC(=O)c3ccc(O)cc3O)n2C)cc1. The maximum atomic E-state index is 12.3. The second-order valence-corrected chi connectivity index (χ2v) is 6.59. The summed E-state index contributed by atoms with van der Waals surface area (Å²) in [6, 6.07) is 11.9. The summed E-state index contributed by atoms with van der Waals surface area (Å²) in [6.07, 6.45) is 0. The van der Waals surface area contributed by atoms with E-state index in [4.69, 9.17) is 0 Å². The number of nitrogens with zero attached hydrogens (tertiary/aromatic N) is 3. The number of aromatic nitrogens is 3. The van der Waals surface area contributed by atoms with Crippen molar-refractivity contribution in [3.05, 3.63) is 53.6 Å². The number of phenolic OH excluding ortho intramolecular Hbond substituents is 2. The van der Waals surface area contributed by atoms with Gasteiger partial charge in [-0.25, -0.2) is 0 Å². The first kappa shape index (κ1) is 17.0. The van der Waals surface area contributed by atoms with Gasteiger partial charge >= 0.3 is 0 Å². The molecule has 3 aromatic rings. The third-order valence-electron chi connectivity index (χ3n) is 3.76. The molecule has 25 heavy (non-hydrogen) atoms. The van der Waals surface area contributed by atoms with Gasteiger partial charge in [0.2, 0.25) is 0 Å². The van der Waals surface area contributed by atoms with Crippen LogP contribution >= 0.6 is 11.8 Å². The zero-order valence-corrected chi connectivity index (χ0v) is 14.6. The quantitative estimate of drug-likeness (QED) is 0.540. The maximum Gasteiger partial charge on any atom is 0.191 e. The first-order valence-corrected chi connectivity index (χ1v) is 8.58. The second kappa shape index (κ2) is 6.98. The molecule has 0 bridgehead atoms. The van der Waals surface area contributed by atoms with Gasteiger partial charge in [-0.3, -0.25) is 4.79 Å². The minimum Gasteiger partial charge on any atom is -0.508 e. The Morgan fingerprint density at radius 3 is 2.52 bits per heavy atom. The van der Waals surface area contributed by atoms with Crippen LogP contribution in [0.5, 0.6) is 11.5 Å². The highest BCUT2D eigenvalue weighted by atomic mass is 32.2. The molecule has 0 aliphatic heterocycles. The van der Waals surface area contributed by atoms with E-state index in [0.717, 1.165) is 17.5 Å². The fourth-order valence-corrected chi connectivity index (χ4v) is 3.15. The van der Waals surface area contributed by atoms with Crippen LogP contribution in [-0.4, -0.2) is 36.5 Å². The molecule has 2 N–H and O–H groups in total. The van der Waals surface area contributed by atoms with E-state index < -0.39 is 0 Å². The molecule has 0 saturated carbocycles. The number of hydrogen-bond donors (Lipinski definition) is 2.